The second-order valence-electron chi connectivity index (χ2n) is 4.01. The van der Waals surface area contributed by atoms with Crippen LogP contribution in [0.25, 0.3) is 0 Å². The Morgan fingerprint density at radius 2 is 1.80 bits per heavy atom. The average molecular weight is 138 g/mol. The molecule has 2 atom stereocenters. The molecule has 10 heavy (non-hydrogen) atoms. The van der Waals surface area contributed by atoms with Gasteiger partial charge in [-0.3, -0.25) is 0 Å². The average Bonchev–Trinajstić information content (AvgIpc) is 2.40. The van der Waals surface area contributed by atoms with Crippen LogP contribution in [0, 0.1) is 17.8 Å². The molecule has 1 rings (SSSR count). The quantitative estimate of drug-likeness (QED) is 0.488. The summed E-state index contributed by atoms with van der Waals surface area (Å²) >= 11 is 0. The Morgan fingerprint density at radius 3 is 1.90 bits per heavy atom. The maximum Gasteiger partial charge on any atom is -0.0112 e. The van der Waals surface area contributed by atoms with Crippen LogP contribution in [-0.4, -0.2) is 0 Å². The first kappa shape index (κ1) is 7.84. The van der Waals surface area contributed by atoms with Gasteiger partial charge in [-0.25, -0.2) is 0 Å². The lowest BCUT2D eigenvalue weighted by Gasteiger charge is -1.97. The Morgan fingerprint density at radius 1 is 1.30 bits per heavy atom. The molecular weight excluding hydrogens is 120 g/mol. The van der Waals surface area contributed by atoms with Crippen LogP contribution in [0.15, 0.2) is 11.1 Å². The molecule has 0 aliphatic heterocycles. The van der Waals surface area contributed by atoms with Crippen molar-refractivity contribution in [3.8, 4) is 0 Å². The molecule has 0 nitrogen and oxygen atoms in total. The van der Waals surface area contributed by atoms with Gasteiger partial charge in [-0.05, 0) is 31.6 Å². The molecule has 0 heteroatoms. The molecule has 0 N–H and O–H groups in total. The molecule has 0 aromatic heterocycles. The maximum absolute atomic E-state index is 2.34. The summed E-state index contributed by atoms with van der Waals surface area (Å²) in [6, 6.07) is 0. The van der Waals surface area contributed by atoms with Crippen molar-refractivity contribution < 1.29 is 0 Å². The van der Waals surface area contributed by atoms with Crippen LogP contribution in [0.2, 0.25) is 0 Å². The molecule has 58 valence electrons. The molecule has 0 radical (unpaired) electrons. The third-order valence-corrected chi connectivity index (χ3v) is 2.57. The highest BCUT2D eigenvalue weighted by Crippen LogP contribution is 2.51. The highest BCUT2D eigenvalue weighted by molar-refractivity contribution is 5.32. The Kier molecular flexibility index (Phi) is 1.89. The minimum absolute atomic E-state index is 0.847. The van der Waals surface area contributed by atoms with Crippen molar-refractivity contribution in [1.82, 2.24) is 0 Å². The van der Waals surface area contributed by atoms with Crippen LogP contribution in [0.3, 0.4) is 0 Å². The van der Waals surface area contributed by atoms with Crippen LogP contribution in [0.4, 0.5) is 0 Å². The molecule has 1 aliphatic rings. The smallest absolute Gasteiger partial charge is 0.0112 e. The van der Waals surface area contributed by atoms with Crippen molar-refractivity contribution in [3.05, 3.63) is 11.1 Å². The van der Waals surface area contributed by atoms with Gasteiger partial charge in [0.1, 0.15) is 0 Å². The van der Waals surface area contributed by atoms with Crippen LogP contribution in [0.1, 0.15) is 34.6 Å². The van der Waals surface area contributed by atoms with Gasteiger partial charge in [-0.1, -0.05) is 31.9 Å². The summed E-state index contributed by atoms with van der Waals surface area (Å²) in [5.41, 5.74) is 3.27. The summed E-state index contributed by atoms with van der Waals surface area (Å²) in [7, 11) is 0. The monoisotopic (exact) mass is 138 g/mol. The first-order valence-corrected chi connectivity index (χ1v) is 4.23. The molecule has 0 aromatic carbocycles. The molecular formula is C10H18. The minimum atomic E-state index is 0.847. The highest BCUT2D eigenvalue weighted by atomic mass is 14.5. The van der Waals surface area contributed by atoms with E-state index in [1.54, 1.807) is 11.1 Å². The normalized spacial score (nSPS) is 31.2. The Bertz CT molecular complexity index is 159. The van der Waals surface area contributed by atoms with E-state index in [9.17, 15) is 0 Å². The van der Waals surface area contributed by atoms with E-state index in [2.05, 4.69) is 34.6 Å². The van der Waals surface area contributed by atoms with Gasteiger partial charge in [-0.15, -0.1) is 0 Å². The maximum atomic E-state index is 2.34. The van der Waals surface area contributed by atoms with E-state index in [1.165, 1.54) is 0 Å². The summed E-state index contributed by atoms with van der Waals surface area (Å²) in [5, 5.41) is 0. The molecule has 0 amide bonds. The largest absolute Gasteiger partial charge is 0.0766 e. The molecule has 0 spiro atoms. The van der Waals surface area contributed by atoms with Gasteiger partial charge in [-0.2, -0.15) is 0 Å². The third-order valence-electron chi connectivity index (χ3n) is 2.57. The summed E-state index contributed by atoms with van der Waals surface area (Å²) in [6.07, 6.45) is 0. The predicted octanol–water partition coefficient (Wildman–Crippen LogP) is 3.24. The SMILES string of the molecule is CC(C)=C1[C@H](C(C)C)[C@H]1C. The van der Waals surface area contributed by atoms with Gasteiger partial charge < -0.3 is 0 Å². The van der Waals surface area contributed by atoms with Crippen molar-refractivity contribution in [2.24, 2.45) is 17.8 Å². The zero-order chi connectivity index (χ0) is 7.89. The van der Waals surface area contributed by atoms with E-state index >= 15 is 0 Å². The molecule has 0 saturated heterocycles. The number of hydrogen-bond donors (Lipinski definition) is 0. The summed E-state index contributed by atoms with van der Waals surface area (Å²) < 4.78 is 0. The lowest BCUT2D eigenvalue weighted by atomic mass is 10.1. The van der Waals surface area contributed by atoms with Crippen LogP contribution in [0.5, 0.6) is 0 Å². The fraction of sp³-hybridized carbons (Fsp3) is 0.800. The number of rotatable bonds is 1. The molecule has 0 aromatic rings. The van der Waals surface area contributed by atoms with E-state index < -0.39 is 0 Å². The van der Waals surface area contributed by atoms with Gasteiger partial charge in [0.2, 0.25) is 0 Å². The van der Waals surface area contributed by atoms with Crippen LogP contribution < -0.4 is 0 Å². The summed E-state index contributed by atoms with van der Waals surface area (Å²) in [6.45, 7) is 11.4. The van der Waals surface area contributed by atoms with Gasteiger partial charge in [0.15, 0.2) is 0 Å². The predicted molar refractivity (Wildman–Crippen MR) is 45.9 cm³/mol. The molecule has 1 saturated carbocycles. The van der Waals surface area contributed by atoms with E-state index in [4.69, 9.17) is 0 Å². The Labute approximate surface area is 64.3 Å². The second-order valence-corrected chi connectivity index (χ2v) is 4.01. The van der Waals surface area contributed by atoms with E-state index in [-0.39, 0.29) is 0 Å². The second kappa shape index (κ2) is 2.41. The topological polar surface area (TPSA) is 0 Å². The van der Waals surface area contributed by atoms with Crippen LogP contribution >= 0.6 is 0 Å². The van der Waals surface area contributed by atoms with E-state index in [0.29, 0.717) is 0 Å². The fourth-order valence-corrected chi connectivity index (χ4v) is 2.15. The lowest BCUT2D eigenvalue weighted by molar-refractivity contribution is 0.537. The molecule has 0 unspecified atom stereocenters. The molecule has 0 bridgehead atoms. The molecule has 1 fully saturated rings. The number of hydrogen-bond acceptors (Lipinski definition) is 0. The Balaban J connectivity index is 2.66. The fourth-order valence-electron chi connectivity index (χ4n) is 2.15. The van der Waals surface area contributed by atoms with Crippen molar-refractivity contribution in [3.63, 3.8) is 0 Å². The first-order chi connectivity index (χ1) is 4.55. The standard InChI is InChI=1S/C10H18/c1-6(2)9-8(5)10(9)7(3)4/h6,8-9H,1-5H3/t8-,9-/m1/s1. The third kappa shape index (κ3) is 1.12. The van der Waals surface area contributed by atoms with Crippen molar-refractivity contribution in [2.75, 3.05) is 0 Å². The first-order valence-electron chi connectivity index (χ1n) is 4.23. The van der Waals surface area contributed by atoms with E-state index in [0.717, 1.165) is 17.8 Å². The van der Waals surface area contributed by atoms with Gasteiger partial charge in [0.05, 0.1) is 0 Å². The number of allylic oxidation sites excluding steroid dienone is 2. The zero-order valence-corrected chi connectivity index (χ0v) is 7.73. The van der Waals surface area contributed by atoms with Crippen LogP contribution in [-0.2, 0) is 0 Å². The highest BCUT2D eigenvalue weighted by Gasteiger charge is 2.42. The Hall–Kier alpha value is -0.260. The zero-order valence-electron chi connectivity index (χ0n) is 7.73. The van der Waals surface area contributed by atoms with Gasteiger partial charge in [0.25, 0.3) is 0 Å². The lowest BCUT2D eigenvalue weighted by Crippen LogP contribution is -1.90. The van der Waals surface area contributed by atoms with Crippen molar-refractivity contribution in [2.45, 2.75) is 34.6 Å². The van der Waals surface area contributed by atoms with Gasteiger partial charge >= 0.3 is 0 Å². The van der Waals surface area contributed by atoms with E-state index in [1.807, 2.05) is 0 Å². The molecule has 0 heterocycles. The summed E-state index contributed by atoms with van der Waals surface area (Å²) in [5.74, 6) is 2.63. The minimum Gasteiger partial charge on any atom is -0.0766 e. The summed E-state index contributed by atoms with van der Waals surface area (Å²) in [4.78, 5) is 0. The van der Waals surface area contributed by atoms with Crippen molar-refractivity contribution >= 4 is 0 Å². The molecule has 1 aliphatic carbocycles. The van der Waals surface area contributed by atoms with Crippen molar-refractivity contribution in [1.29, 1.82) is 0 Å². The van der Waals surface area contributed by atoms with Gasteiger partial charge in [0, 0.05) is 0 Å².